The third kappa shape index (κ3) is 4.30. The van der Waals surface area contributed by atoms with E-state index in [4.69, 9.17) is 9.47 Å². The Morgan fingerprint density at radius 3 is 2.75 bits per heavy atom. The summed E-state index contributed by atoms with van der Waals surface area (Å²) in [5.41, 5.74) is 1.22. The zero-order valence-electron chi connectivity index (χ0n) is 12.1. The van der Waals surface area contributed by atoms with Gasteiger partial charge in [-0.1, -0.05) is 0 Å². The van der Waals surface area contributed by atoms with Crippen LogP contribution in [0.5, 0.6) is 11.5 Å². The SMILES string of the molecule is CCOc1c(Br)cc(CNC2CCSCC2)cc1OC. The zero-order valence-corrected chi connectivity index (χ0v) is 14.5. The van der Waals surface area contributed by atoms with Crippen LogP contribution >= 0.6 is 27.7 Å². The molecule has 0 amide bonds. The van der Waals surface area contributed by atoms with Crippen LogP contribution in [0.4, 0.5) is 0 Å². The van der Waals surface area contributed by atoms with Crippen molar-refractivity contribution in [3.05, 3.63) is 22.2 Å². The van der Waals surface area contributed by atoms with Crippen molar-refractivity contribution in [2.75, 3.05) is 25.2 Å². The maximum atomic E-state index is 5.61. The van der Waals surface area contributed by atoms with Gasteiger partial charge in [-0.15, -0.1) is 0 Å². The molecule has 1 aromatic rings. The molecule has 1 saturated heterocycles. The molecule has 0 saturated carbocycles. The Hall–Kier alpha value is -0.390. The number of hydrogen-bond donors (Lipinski definition) is 1. The van der Waals surface area contributed by atoms with Gasteiger partial charge in [0, 0.05) is 12.6 Å². The predicted molar refractivity (Wildman–Crippen MR) is 89.0 cm³/mol. The Kier molecular flexibility index (Phi) is 6.52. The van der Waals surface area contributed by atoms with E-state index in [9.17, 15) is 0 Å². The van der Waals surface area contributed by atoms with E-state index in [0.29, 0.717) is 12.6 Å². The monoisotopic (exact) mass is 359 g/mol. The number of hydrogen-bond acceptors (Lipinski definition) is 4. The summed E-state index contributed by atoms with van der Waals surface area (Å²) in [7, 11) is 1.68. The minimum atomic E-state index is 0.631. The summed E-state index contributed by atoms with van der Waals surface area (Å²) < 4.78 is 12.0. The molecule has 1 aliphatic heterocycles. The molecular weight excluding hydrogens is 338 g/mol. The second-order valence-electron chi connectivity index (χ2n) is 4.81. The van der Waals surface area contributed by atoms with Gasteiger partial charge >= 0.3 is 0 Å². The molecule has 5 heteroatoms. The van der Waals surface area contributed by atoms with Gasteiger partial charge in [0.05, 0.1) is 18.2 Å². The van der Waals surface area contributed by atoms with Gasteiger partial charge < -0.3 is 14.8 Å². The van der Waals surface area contributed by atoms with Crippen molar-refractivity contribution in [3.63, 3.8) is 0 Å². The summed E-state index contributed by atoms with van der Waals surface area (Å²) in [6.07, 6.45) is 2.53. The van der Waals surface area contributed by atoms with Crippen LogP contribution in [0.15, 0.2) is 16.6 Å². The van der Waals surface area contributed by atoms with E-state index in [1.807, 2.05) is 6.92 Å². The molecule has 0 spiro atoms. The van der Waals surface area contributed by atoms with E-state index in [-0.39, 0.29) is 0 Å². The second kappa shape index (κ2) is 8.15. The normalized spacial score (nSPS) is 16.1. The van der Waals surface area contributed by atoms with Gasteiger partial charge in [0.1, 0.15) is 0 Å². The molecule has 0 aromatic heterocycles. The standard InChI is InChI=1S/C15H22BrNO2S/c1-3-19-15-13(16)8-11(9-14(15)18-2)10-17-12-4-6-20-7-5-12/h8-9,12,17H,3-7,10H2,1-2H3. The lowest BCUT2D eigenvalue weighted by Crippen LogP contribution is -2.32. The third-order valence-electron chi connectivity index (χ3n) is 3.39. The quantitative estimate of drug-likeness (QED) is 0.835. The molecule has 3 nitrogen and oxygen atoms in total. The van der Waals surface area contributed by atoms with Gasteiger partial charge in [-0.2, -0.15) is 11.8 Å². The smallest absolute Gasteiger partial charge is 0.175 e. The van der Waals surface area contributed by atoms with E-state index < -0.39 is 0 Å². The number of nitrogens with one attached hydrogen (secondary N) is 1. The van der Waals surface area contributed by atoms with Crippen molar-refractivity contribution in [3.8, 4) is 11.5 Å². The fourth-order valence-corrected chi connectivity index (χ4v) is 4.03. The van der Waals surface area contributed by atoms with Crippen molar-refractivity contribution in [1.82, 2.24) is 5.32 Å². The highest BCUT2D eigenvalue weighted by molar-refractivity contribution is 9.10. The van der Waals surface area contributed by atoms with Crippen LogP contribution in [-0.4, -0.2) is 31.3 Å². The summed E-state index contributed by atoms with van der Waals surface area (Å²) in [5, 5.41) is 3.64. The lowest BCUT2D eigenvalue weighted by molar-refractivity contribution is 0.308. The van der Waals surface area contributed by atoms with Crippen molar-refractivity contribution in [2.24, 2.45) is 0 Å². The number of methoxy groups -OCH3 is 1. The van der Waals surface area contributed by atoms with Gasteiger partial charge in [-0.05, 0) is 64.9 Å². The molecule has 112 valence electrons. The Morgan fingerprint density at radius 1 is 1.35 bits per heavy atom. The minimum absolute atomic E-state index is 0.631. The first-order valence-corrected chi connectivity index (χ1v) is 8.99. The maximum absolute atomic E-state index is 5.61. The Morgan fingerprint density at radius 2 is 2.10 bits per heavy atom. The topological polar surface area (TPSA) is 30.5 Å². The third-order valence-corrected chi connectivity index (χ3v) is 5.03. The van der Waals surface area contributed by atoms with Gasteiger partial charge in [0.15, 0.2) is 11.5 Å². The van der Waals surface area contributed by atoms with Crippen molar-refractivity contribution >= 4 is 27.7 Å². The van der Waals surface area contributed by atoms with Crippen LogP contribution in [0.3, 0.4) is 0 Å². The van der Waals surface area contributed by atoms with Gasteiger partial charge in [-0.3, -0.25) is 0 Å². The first-order valence-electron chi connectivity index (χ1n) is 7.05. The molecule has 2 rings (SSSR count). The molecule has 0 radical (unpaired) electrons. The van der Waals surface area contributed by atoms with Crippen LogP contribution in [0.1, 0.15) is 25.3 Å². The second-order valence-corrected chi connectivity index (χ2v) is 6.89. The van der Waals surface area contributed by atoms with Crippen molar-refractivity contribution in [1.29, 1.82) is 0 Å². The average Bonchev–Trinajstić information content (AvgIpc) is 2.48. The predicted octanol–water partition coefficient (Wildman–Crippen LogP) is 3.84. The van der Waals surface area contributed by atoms with Crippen LogP contribution in [0.25, 0.3) is 0 Å². The number of ether oxygens (including phenoxy) is 2. The van der Waals surface area contributed by atoms with E-state index in [2.05, 4.69) is 45.1 Å². The molecular formula is C15H22BrNO2S. The Bertz CT molecular complexity index is 436. The molecule has 1 fully saturated rings. The molecule has 0 aliphatic carbocycles. The fraction of sp³-hybridized carbons (Fsp3) is 0.600. The molecule has 1 heterocycles. The number of halogens is 1. The van der Waals surface area contributed by atoms with Crippen molar-refractivity contribution < 1.29 is 9.47 Å². The van der Waals surface area contributed by atoms with Crippen molar-refractivity contribution in [2.45, 2.75) is 32.4 Å². The average molecular weight is 360 g/mol. The molecule has 0 atom stereocenters. The summed E-state index contributed by atoms with van der Waals surface area (Å²) in [4.78, 5) is 0. The maximum Gasteiger partial charge on any atom is 0.175 e. The first kappa shape index (κ1) is 16.0. The Balaban J connectivity index is 2.02. The lowest BCUT2D eigenvalue weighted by Gasteiger charge is -2.23. The summed E-state index contributed by atoms with van der Waals surface area (Å²) >= 11 is 5.62. The van der Waals surface area contributed by atoms with E-state index in [1.165, 1.54) is 29.9 Å². The molecule has 0 unspecified atom stereocenters. The van der Waals surface area contributed by atoms with E-state index in [1.54, 1.807) is 7.11 Å². The minimum Gasteiger partial charge on any atom is -0.493 e. The number of benzene rings is 1. The van der Waals surface area contributed by atoms with Gasteiger partial charge in [0.25, 0.3) is 0 Å². The molecule has 1 aromatic carbocycles. The van der Waals surface area contributed by atoms with Crippen LogP contribution in [0.2, 0.25) is 0 Å². The summed E-state index contributed by atoms with van der Waals surface area (Å²) in [5.74, 6) is 4.12. The zero-order chi connectivity index (χ0) is 14.4. The number of rotatable bonds is 6. The molecule has 1 aliphatic rings. The largest absolute Gasteiger partial charge is 0.493 e. The molecule has 0 bridgehead atoms. The van der Waals surface area contributed by atoms with E-state index in [0.717, 1.165) is 22.5 Å². The lowest BCUT2D eigenvalue weighted by atomic mass is 10.1. The number of thioether (sulfide) groups is 1. The molecule has 20 heavy (non-hydrogen) atoms. The Labute approximate surface area is 133 Å². The highest BCUT2D eigenvalue weighted by Gasteiger charge is 2.15. The van der Waals surface area contributed by atoms with Crippen LogP contribution < -0.4 is 14.8 Å². The summed E-state index contributed by atoms with van der Waals surface area (Å²) in [6, 6.07) is 4.81. The fourth-order valence-electron chi connectivity index (χ4n) is 2.32. The van der Waals surface area contributed by atoms with E-state index >= 15 is 0 Å². The van der Waals surface area contributed by atoms with Gasteiger partial charge in [0.2, 0.25) is 0 Å². The highest BCUT2D eigenvalue weighted by atomic mass is 79.9. The first-order chi connectivity index (χ1) is 9.74. The van der Waals surface area contributed by atoms with Crippen LogP contribution in [-0.2, 0) is 6.54 Å². The highest BCUT2D eigenvalue weighted by Crippen LogP contribution is 2.36. The van der Waals surface area contributed by atoms with Crippen LogP contribution in [0, 0.1) is 0 Å². The summed E-state index contributed by atoms with van der Waals surface area (Å²) in [6.45, 7) is 3.48. The van der Waals surface area contributed by atoms with Gasteiger partial charge in [-0.25, -0.2) is 0 Å². The molecule has 1 N–H and O–H groups in total.